The Kier molecular flexibility index (Phi) is 8.93. The summed E-state index contributed by atoms with van der Waals surface area (Å²) >= 11 is 0. The Morgan fingerprint density at radius 3 is 2.39 bits per heavy atom. The molecule has 0 aliphatic carbocycles. The lowest BCUT2D eigenvalue weighted by atomic mass is 10.1. The van der Waals surface area contributed by atoms with Gasteiger partial charge in [-0.1, -0.05) is 0 Å². The zero-order chi connectivity index (χ0) is 20.4. The van der Waals surface area contributed by atoms with E-state index in [2.05, 4.69) is 18.7 Å². The summed E-state index contributed by atoms with van der Waals surface area (Å²) < 4.78 is 20.9. The Morgan fingerprint density at radius 1 is 1.04 bits per heavy atom. The van der Waals surface area contributed by atoms with Crippen LogP contribution in [0.5, 0.6) is 0 Å². The average molecular weight is 392 g/mol. The minimum Gasteiger partial charge on any atom is -0.459 e. The van der Waals surface area contributed by atoms with Crippen LogP contribution in [0.25, 0.3) is 11.0 Å². The van der Waals surface area contributed by atoms with Gasteiger partial charge >= 0.3 is 11.6 Å². The third-order valence-electron chi connectivity index (χ3n) is 4.16. The van der Waals surface area contributed by atoms with Crippen molar-refractivity contribution >= 4 is 22.6 Å². The second-order valence-electron chi connectivity index (χ2n) is 5.99. The highest BCUT2D eigenvalue weighted by Crippen LogP contribution is 2.22. The molecular formula is C20H28N2O6. The number of carbonyl (C=O) groups is 1. The van der Waals surface area contributed by atoms with E-state index < -0.39 is 11.6 Å². The maximum atomic E-state index is 12.2. The molecular weight excluding hydrogens is 364 g/mol. The number of hydrogen-bond donors (Lipinski definition) is 1. The number of fused-ring (bicyclic) bond motifs is 1. The summed E-state index contributed by atoms with van der Waals surface area (Å²) in [6.07, 6.45) is 0. The number of nitrogens with two attached hydrogens (primary N) is 1. The Labute approximate surface area is 164 Å². The van der Waals surface area contributed by atoms with E-state index >= 15 is 0 Å². The number of benzene rings is 1. The van der Waals surface area contributed by atoms with Gasteiger partial charge in [0.25, 0.3) is 0 Å². The number of carbonyl (C=O) groups excluding carboxylic acids is 1. The second-order valence-corrected chi connectivity index (χ2v) is 5.99. The van der Waals surface area contributed by atoms with Crippen LogP contribution >= 0.6 is 0 Å². The molecule has 1 aromatic carbocycles. The molecule has 0 saturated heterocycles. The van der Waals surface area contributed by atoms with E-state index in [9.17, 15) is 9.59 Å². The molecule has 0 amide bonds. The van der Waals surface area contributed by atoms with Crippen LogP contribution in [0.4, 0.5) is 5.69 Å². The van der Waals surface area contributed by atoms with E-state index in [4.69, 9.17) is 24.4 Å². The number of anilines is 1. The van der Waals surface area contributed by atoms with Crippen LogP contribution in [0.2, 0.25) is 0 Å². The van der Waals surface area contributed by atoms with Crippen molar-refractivity contribution in [3.63, 3.8) is 0 Å². The highest BCUT2D eigenvalue weighted by molar-refractivity contribution is 5.93. The summed E-state index contributed by atoms with van der Waals surface area (Å²) in [5.74, 6) is -0.730. The molecule has 28 heavy (non-hydrogen) atoms. The zero-order valence-electron chi connectivity index (χ0n) is 16.4. The predicted molar refractivity (Wildman–Crippen MR) is 107 cm³/mol. The average Bonchev–Trinajstić information content (AvgIpc) is 2.70. The van der Waals surface area contributed by atoms with Crippen LogP contribution in [0.1, 0.15) is 24.2 Å². The quantitative estimate of drug-likeness (QED) is 0.331. The third kappa shape index (κ3) is 6.05. The standard InChI is InChI=1S/C20H28N2O6/c1-3-22(4-2)16-6-5-15-13-17(20(24)28-18(15)14-16)19(23)27-12-11-26-10-9-25-8-7-21/h5-6,13-14H,3-4,7-12,21H2,1-2H3. The van der Waals surface area contributed by atoms with Crippen molar-refractivity contribution in [2.45, 2.75) is 13.8 Å². The van der Waals surface area contributed by atoms with Crippen molar-refractivity contribution < 1.29 is 23.4 Å². The van der Waals surface area contributed by atoms with Crippen LogP contribution in [0.3, 0.4) is 0 Å². The number of esters is 1. The van der Waals surface area contributed by atoms with Crippen LogP contribution in [0, 0.1) is 0 Å². The molecule has 2 N–H and O–H groups in total. The summed E-state index contributed by atoms with van der Waals surface area (Å²) in [6.45, 7) is 7.79. The molecule has 1 aromatic heterocycles. The van der Waals surface area contributed by atoms with Gasteiger partial charge < -0.3 is 29.3 Å². The lowest BCUT2D eigenvalue weighted by molar-refractivity contribution is 0.0154. The van der Waals surface area contributed by atoms with E-state index in [1.807, 2.05) is 12.1 Å². The molecule has 0 spiro atoms. The molecule has 1 heterocycles. The van der Waals surface area contributed by atoms with Gasteiger partial charge in [0.2, 0.25) is 0 Å². The van der Waals surface area contributed by atoms with Crippen molar-refractivity contribution in [2.24, 2.45) is 5.73 Å². The first-order chi connectivity index (χ1) is 13.6. The minimum absolute atomic E-state index is 0.0358. The van der Waals surface area contributed by atoms with Gasteiger partial charge in [-0.05, 0) is 32.0 Å². The van der Waals surface area contributed by atoms with Gasteiger partial charge in [0.1, 0.15) is 17.8 Å². The van der Waals surface area contributed by atoms with Crippen molar-refractivity contribution in [3.05, 3.63) is 40.2 Å². The Morgan fingerprint density at radius 2 is 1.71 bits per heavy atom. The molecule has 0 aliphatic rings. The van der Waals surface area contributed by atoms with Gasteiger partial charge in [-0.3, -0.25) is 0 Å². The highest BCUT2D eigenvalue weighted by atomic mass is 16.6. The first-order valence-corrected chi connectivity index (χ1v) is 9.46. The Hall–Kier alpha value is -2.42. The van der Waals surface area contributed by atoms with Crippen LogP contribution < -0.4 is 16.3 Å². The summed E-state index contributed by atoms with van der Waals surface area (Å²) in [4.78, 5) is 26.5. The SMILES string of the molecule is CCN(CC)c1ccc2cc(C(=O)OCCOCCOCCN)c(=O)oc2c1. The van der Waals surface area contributed by atoms with Gasteiger partial charge in [-0.25, -0.2) is 9.59 Å². The summed E-state index contributed by atoms with van der Waals surface area (Å²) in [7, 11) is 0. The molecule has 2 aromatic rings. The fourth-order valence-electron chi connectivity index (χ4n) is 2.70. The number of hydrogen-bond acceptors (Lipinski definition) is 8. The van der Waals surface area contributed by atoms with Gasteiger partial charge in [0, 0.05) is 36.8 Å². The molecule has 0 atom stereocenters. The van der Waals surface area contributed by atoms with E-state index in [0.29, 0.717) is 37.3 Å². The monoisotopic (exact) mass is 392 g/mol. The summed E-state index contributed by atoms with van der Waals surface area (Å²) in [5.41, 5.74) is 5.85. The van der Waals surface area contributed by atoms with Crippen molar-refractivity contribution in [1.29, 1.82) is 0 Å². The molecule has 154 valence electrons. The minimum atomic E-state index is -0.730. The van der Waals surface area contributed by atoms with Gasteiger partial charge in [-0.15, -0.1) is 0 Å². The fraction of sp³-hybridized carbons (Fsp3) is 0.500. The summed E-state index contributed by atoms with van der Waals surface area (Å²) in [5, 5.41) is 0.663. The normalized spacial score (nSPS) is 11.0. The molecule has 0 aliphatic heterocycles. The smallest absolute Gasteiger partial charge is 0.351 e. The maximum Gasteiger partial charge on any atom is 0.351 e. The molecule has 2 rings (SSSR count). The van der Waals surface area contributed by atoms with Gasteiger partial charge in [-0.2, -0.15) is 0 Å². The predicted octanol–water partition coefficient (Wildman–Crippen LogP) is 1.79. The molecule has 0 bridgehead atoms. The molecule has 0 unspecified atom stereocenters. The largest absolute Gasteiger partial charge is 0.459 e. The Balaban J connectivity index is 1.95. The first kappa shape index (κ1) is 21.9. The summed E-state index contributed by atoms with van der Waals surface area (Å²) in [6, 6.07) is 7.06. The van der Waals surface area contributed by atoms with Crippen LogP contribution in [-0.4, -0.2) is 58.6 Å². The maximum absolute atomic E-state index is 12.2. The lowest BCUT2D eigenvalue weighted by Crippen LogP contribution is -2.22. The lowest BCUT2D eigenvalue weighted by Gasteiger charge is -2.20. The molecule has 8 heteroatoms. The molecule has 0 fully saturated rings. The van der Waals surface area contributed by atoms with E-state index in [1.165, 1.54) is 6.07 Å². The van der Waals surface area contributed by atoms with Crippen LogP contribution in [-0.2, 0) is 14.2 Å². The van der Waals surface area contributed by atoms with Gasteiger partial charge in [0.05, 0.1) is 26.4 Å². The third-order valence-corrected chi connectivity index (χ3v) is 4.16. The van der Waals surface area contributed by atoms with Crippen molar-refractivity contribution in [1.82, 2.24) is 0 Å². The number of rotatable bonds is 12. The number of ether oxygens (including phenoxy) is 3. The van der Waals surface area contributed by atoms with E-state index in [-0.39, 0.29) is 18.8 Å². The molecule has 0 radical (unpaired) electrons. The number of nitrogens with zero attached hydrogens (tertiary/aromatic N) is 1. The van der Waals surface area contributed by atoms with E-state index in [1.54, 1.807) is 6.07 Å². The first-order valence-electron chi connectivity index (χ1n) is 9.46. The fourth-order valence-corrected chi connectivity index (χ4v) is 2.70. The van der Waals surface area contributed by atoms with Crippen molar-refractivity contribution in [3.8, 4) is 0 Å². The highest BCUT2D eigenvalue weighted by Gasteiger charge is 2.16. The Bertz CT molecular complexity index is 816. The van der Waals surface area contributed by atoms with Crippen LogP contribution in [0.15, 0.2) is 33.5 Å². The van der Waals surface area contributed by atoms with Gasteiger partial charge in [0.15, 0.2) is 0 Å². The van der Waals surface area contributed by atoms with Crippen molar-refractivity contribution in [2.75, 3.05) is 57.6 Å². The molecule has 8 nitrogen and oxygen atoms in total. The second kappa shape index (κ2) is 11.4. The molecule has 0 saturated carbocycles. The zero-order valence-corrected chi connectivity index (χ0v) is 16.4. The van der Waals surface area contributed by atoms with E-state index in [0.717, 1.165) is 18.8 Å². The topological polar surface area (TPSA) is 104 Å².